The van der Waals surface area contributed by atoms with Crippen LogP contribution in [-0.4, -0.2) is 29.7 Å². The first-order valence-corrected chi connectivity index (χ1v) is 7.76. The summed E-state index contributed by atoms with van der Waals surface area (Å²) in [6.07, 6.45) is 0. The van der Waals surface area contributed by atoms with Crippen molar-refractivity contribution in [2.24, 2.45) is 0 Å². The molecule has 2 aromatic carbocycles. The quantitative estimate of drug-likeness (QED) is 0.353. The molecular formula is C14H12ClIO5. The van der Waals surface area contributed by atoms with E-state index >= 15 is 0 Å². The van der Waals surface area contributed by atoms with E-state index in [0.29, 0.717) is 15.8 Å². The molecule has 1 N–H and O–H groups in total. The Morgan fingerprint density at radius 2 is 1.86 bits per heavy atom. The molecule has 0 aliphatic heterocycles. The van der Waals surface area contributed by atoms with E-state index in [0.717, 1.165) is 0 Å². The normalized spacial score (nSPS) is 10.5. The van der Waals surface area contributed by atoms with E-state index in [1.807, 2.05) is 22.6 Å². The van der Waals surface area contributed by atoms with Gasteiger partial charge in [-0.15, -0.1) is 0 Å². The molecule has 0 unspecified atom stereocenters. The molecule has 0 heterocycles. The number of ether oxygens (including phenoxy) is 3. The maximum Gasteiger partial charge on any atom is 0.321 e. The largest absolute Gasteiger partial charge is 0.504 e. The van der Waals surface area contributed by atoms with E-state index in [1.54, 1.807) is 18.2 Å². The Bertz CT molecular complexity index is 702. The van der Waals surface area contributed by atoms with Gasteiger partial charge in [0.05, 0.1) is 18.6 Å². The van der Waals surface area contributed by atoms with Gasteiger partial charge in [0.25, 0.3) is 0 Å². The monoisotopic (exact) mass is 422 g/mol. The van der Waals surface area contributed by atoms with Gasteiger partial charge >= 0.3 is 5.97 Å². The molecule has 0 saturated carbocycles. The summed E-state index contributed by atoms with van der Waals surface area (Å²) in [6.45, 7) is 0. The van der Waals surface area contributed by atoms with Crippen LogP contribution in [0.25, 0.3) is 10.8 Å². The minimum atomic E-state index is -0.433. The molecule has 0 radical (unpaired) electrons. The highest BCUT2D eigenvalue weighted by Crippen LogP contribution is 2.50. The molecule has 0 atom stereocenters. The van der Waals surface area contributed by atoms with Crippen molar-refractivity contribution < 1.29 is 24.1 Å². The first-order valence-electron chi connectivity index (χ1n) is 5.86. The van der Waals surface area contributed by atoms with Crippen molar-refractivity contribution in [2.45, 2.75) is 0 Å². The standard InChI is InChI=1S/C14H12ClIO5/c1-19-13-11(18)9-5-7(15)3-4-8(9)12(14(13)20-2)21-10(17)6-16/h3-5,18H,6H2,1-2H3. The third-order valence-electron chi connectivity index (χ3n) is 2.84. The number of benzene rings is 2. The summed E-state index contributed by atoms with van der Waals surface area (Å²) >= 11 is 7.85. The first-order chi connectivity index (χ1) is 10.0. The minimum Gasteiger partial charge on any atom is -0.504 e. The number of aromatic hydroxyl groups is 1. The number of hydrogen-bond donors (Lipinski definition) is 1. The fraction of sp³-hybridized carbons (Fsp3) is 0.214. The topological polar surface area (TPSA) is 65.0 Å². The lowest BCUT2D eigenvalue weighted by molar-refractivity contribution is -0.131. The average molecular weight is 423 g/mol. The summed E-state index contributed by atoms with van der Waals surface area (Å²) in [5.41, 5.74) is 0. The predicted molar refractivity (Wildman–Crippen MR) is 88.2 cm³/mol. The van der Waals surface area contributed by atoms with Crippen molar-refractivity contribution in [3.8, 4) is 23.0 Å². The Balaban J connectivity index is 2.84. The number of phenolic OH excluding ortho intramolecular Hbond substituents is 1. The van der Waals surface area contributed by atoms with Gasteiger partial charge in [-0.25, -0.2) is 0 Å². The van der Waals surface area contributed by atoms with Crippen molar-refractivity contribution in [3.63, 3.8) is 0 Å². The molecule has 0 aromatic heterocycles. The number of alkyl halides is 1. The van der Waals surface area contributed by atoms with Crippen molar-refractivity contribution >= 4 is 50.9 Å². The molecule has 0 fully saturated rings. The summed E-state index contributed by atoms with van der Waals surface area (Å²) in [5, 5.41) is 11.7. The van der Waals surface area contributed by atoms with Crippen LogP contribution in [0.5, 0.6) is 23.0 Å². The second-order valence-corrected chi connectivity index (χ2v) is 5.24. The van der Waals surface area contributed by atoms with Gasteiger partial charge in [-0.1, -0.05) is 34.2 Å². The first kappa shape index (κ1) is 16.0. The van der Waals surface area contributed by atoms with Gasteiger partial charge in [-0.3, -0.25) is 4.79 Å². The van der Waals surface area contributed by atoms with Gasteiger partial charge < -0.3 is 19.3 Å². The number of phenols is 1. The van der Waals surface area contributed by atoms with Crippen LogP contribution < -0.4 is 14.2 Å². The number of methoxy groups -OCH3 is 2. The Kier molecular flexibility index (Phi) is 5.00. The summed E-state index contributed by atoms with van der Waals surface area (Å²) in [4.78, 5) is 11.6. The number of carbonyl (C=O) groups is 1. The van der Waals surface area contributed by atoms with Crippen LogP contribution in [0.1, 0.15) is 0 Å². The molecule has 0 spiro atoms. The predicted octanol–water partition coefficient (Wildman–Crippen LogP) is 3.56. The molecule has 21 heavy (non-hydrogen) atoms. The lowest BCUT2D eigenvalue weighted by Crippen LogP contribution is -2.10. The van der Waals surface area contributed by atoms with E-state index in [2.05, 4.69) is 0 Å². The zero-order chi connectivity index (χ0) is 15.6. The van der Waals surface area contributed by atoms with Gasteiger partial charge in [0.1, 0.15) is 0 Å². The lowest BCUT2D eigenvalue weighted by atomic mass is 10.1. The number of esters is 1. The minimum absolute atomic E-state index is 0.0866. The Morgan fingerprint density at radius 3 is 2.43 bits per heavy atom. The smallest absolute Gasteiger partial charge is 0.321 e. The van der Waals surface area contributed by atoms with Crippen LogP contribution in [0.2, 0.25) is 5.02 Å². The molecule has 0 aliphatic carbocycles. The second-order valence-electron chi connectivity index (χ2n) is 4.04. The molecule has 0 saturated heterocycles. The highest BCUT2D eigenvalue weighted by atomic mass is 127. The number of hydrogen-bond acceptors (Lipinski definition) is 5. The third-order valence-corrected chi connectivity index (χ3v) is 3.70. The second kappa shape index (κ2) is 6.57. The van der Waals surface area contributed by atoms with E-state index in [9.17, 15) is 9.90 Å². The summed E-state index contributed by atoms with van der Waals surface area (Å²) in [6, 6.07) is 4.85. The number of halogens is 2. The van der Waals surface area contributed by atoms with Crippen LogP contribution in [0.3, 0.4) is 0 Å². The van der Waals surface area contributed by atoms with Gasteiger partial charge in [0, 0.05) is 15.8 Å². The zero-order valence-corrected chi connectivity index (χ0v) is 14.2. The third kappa shape index (κ3) is 2.96. The van der Waals surface area contributed by atoms with Crippen molar-refractivity contribution in [1.29, 1.82) is 0 Å². The SMILES string of the molecule is COc1c(OC)c(OC(=O)CI)c2ccc(Cl)cc2c1O. The highest BCUT2D eigenvalue weighted by molar-refractivity contribution is 14.1. The summed E-state index contributed by atoms with van der Waals surface area (Å²) < 4.78 is 15.9. The fourth-order valence-corrected chi connectivity index (χ4v) is 2.31. The summed E-state index contributed by atoms with van der Waals surface area (Å²) in [5.74, 6) is -0.119. The average Bonchev–Trinajstić information content (AvgIpc) is 2.49. The van der Waals surface area contributed by atoms with E-state index < -0.39 is 5.97 Å². The van der Waals surface area contributed by atoms with Crippen LogP contribution in [0, 0.1) is 0 Å². The highest BCUT2D eigenvalue weighted by Gasteiger charge is 2.24. The van der Waals surface area contributed by atoms with Gasteiger partial charge in [0.15, 0.2) is 11.5 Å². The van der Waals surface area contributed by atoms with Gasteiger partial charge in [-0.2, -0.15) is 0 Å². The Hall–Kier alpha value is -1.41. The van der Waals surface area contributed by atoms with E-state index in [1.165, 1.54) is 14.2 Å². The maximum absolute atomic E-state index is 11.6. The van der Waals surface area contributed by atoms with Crippen molar-refractivity contribution in [1.82, 2.24) is 0 Å². The van der Waals surface area contributed by atoms with Crippen LogP contribution in [0.15, 0.2) is 18.2 Å². The lowest BCUT2D eigenvalue weighted by Gasteiger charge is -2.17. The molecule has 0 aliphatic rings. The van der Waals surface area contributed by atoms with E-state index in [-0.39, 0.29) is 27.4 Å². The number of carbonyl (C=O) groups excluding carboxylic acids is 1. The Labute approximate surface area is 139 Å². The molecule has 2 rings (SSSR count). The zero-order valence-electron chi connectivity index (χ0n) is 11.3. The molecule has 0 bridgehead atoms. The van der Waals surface area contributed by atoms with E-state index in [4.69, 9.17) is 25.8 Å². The maximum atomic E-state index is 11.6. The molecule has 2 aromatic rings. The van der Waals surface area contributed by atoms with Crippen molar-refractivity contribution in [3.05, 3.63) is 23.2 Å². The van der Waals surface area contributed by atoms with Crippen LogP contribution in [-0.2, 0) is 4.79 Å². The molecule has 0 amide bonds. The number of fused-ring (bicyclic) bond motifs is 1. The van der Waals surface area contributed by atoms with Gasteiger partial charge in [-0.05, 0) is 18.2 Å². The van der Waals surface area contributed by atoms with Crippen LogP contribution >= 0.6 is 34.2 Å². The van der Waals surface area contributed by atoms with Gasteiger partial charge in [0.2, 0.25) is 11.5 Å². The Morgan fingerprint density at radius 1 is 1.19 bits per heavy atom. The summed E-state index contributed by atoms with van der Waals surface area (Å²) in [7, 11) is 2.79. The number of rotatable bonds is 4. The molecule has 112 valence electrons. The van der Waals surface area contributed by atoms with Crippen molar-refractivity contribution in [2.75, 3.05) is 18.6 Å². The molecular weight excluding hydrogens is 411 g/mol. The molecule has 5 nitrogen and oxygen atoms in total. The fourth-order valence-electron chi connectivity index (χ4n) is 1.98. The van der Waals surface area contributed by atoms with Crippen LogP contribution in [0.4, 0.5) is 0 Å². The molecule has 7 heteroatoms.